The molecule has 1 fully saturated rings. The summed E-state index contributed by atoms with van der Waals surface area (Å²) in [6.07, 6.45) is 3.33. The van der Waals surface area contributed by atoms with Crippen LogP contribution in [-0.2, 0) is 4.79 Å². The highest BCUT2D eigenvalue weighted by atomic mass is 32.2. The fraction of sp³-hybridized carbons (Fsp3) is 0.400. The summed E-state index contributed by atoms with van der Waals surface area (Å²) in [7, 11) is 0. The Labute approximate surface area is 194 Å². The van der Waals surface area contributed by atoms with Crippen molar-refractivity contribution in [3.8, 4) is 22.8 Å². The lowest BCUT2D eigenvalue weighted by atomic mass is 9.98. The van der Waals surface area contributed by atoms with Gasteiger partial charge in [-0.05, 0) is 64.3 Å². The van der Waals surface area contributed by atoms with E-state index >= 15 is 0 Å². The Balaban J connectivity index is 1.62. The molecule has 7 heteroatoms. The first kappa shape index (κ1) is 22.4. The lowest BCUT2D eigenvalue weighted by molar-refractivity contribution is -0.134. The number of ether oxygens (including phenoxy) is 1. The first-order valence-corrected chi connectivity index (χ1v) is 12.2. The molecule has 0 bridgehead atoms. The van der Waals surface area contributed by atoms with E-state index in [2.05, 4.69) is 24.0 Å². The predicted octanol–water partition coefficient (Wildman–Crippen LogP) is 5.21. The van der Waals surface area contributed by atoms with Crippen molar-refractivity contribution >= 4 is 17.7 Å². The normalized spacial score (nSPS) is 18.5. The van der Waals surface area contributed by atoms with Crippen molar-refractivity contribution < 1.29 is 9.53 Å². The molecule has 3 aromatic rings. The van der Waals surface area contributed by atoms with E-state index in [0.717, 1.165) is 35.7 Å². The Morgan fingerprint density at radius 1 is 1.03 bits per heavy atom. The van der Waals surface area contributed by atoms with Crippen LogP contribution in [0.1, 0.15) is 40.0 Å². The quantitative estimate of drug-likeness (QED) is 0.462. The third-order valence-corrected chi connectivity index (χ3v) is 6.79. The molecule has 0 N–H and O–H groups in total. The van der Waals surface area contributed by atoms with E-state index in [1.807, 2.05) is 71.0 Å². The Hall–Kier alpha value is -2.80. The highest BCUT2D eigenvalue weighted by Gasteiger charge is 2.29. The van der Waals surface area contributed by atoms with Crippen molar-refractivity contribution in [2.45, 2.75) is 57.3 Å². The molecule has 6 nitrogen and oxygen atoms in total. The molecule has 2 unspecified atom stereocenters. The Kier molecular flexibility index (Phi) is 7.15. The van der Waals surface area contributed by atoms with Gasteiger partial charge in [-0.2, -0.15) is 0 Å². The molecular weight excluding hydrogens is 420 g/mol. The molecule has 1 saturated heterocycles. The van der Waals surface area contributed by atoms with Gasteiger partial charge in [0.2, 0.25) is 5.91 Å². The zero-order chi connectivity index (χ0) is 22.5. The number of nitrogens with zero attached hydrogens (tertiary/aromatic N) is 4. The van der Waals surface area contributed by atoms with Gasteiger partial charge in [-0.1, -0.05) is 42.1 Å². The van der Waals surface area contributed by atoms with Crippen LogP contribution in [0.3, 0.4) is 0 Å². The maximum absolute atomic E-state index is 13.1. The van der Waals surface area contributed by atoms with Crippen LogP contribution in [0.5, 0.6) is 5.75 Å². The molecule has 1 aromatic heterocycles. The average Bonchev–Trinajstić information content (AvgIpc) is 3.23. The lowest BCUT2D eigenvalue weighted by Gasteiger charge is -2.39. The summed E-state index contributed by atoms with van der Waals surface area (Å²) in [5, 5.41) is 9.64. The fourth-order valence-electron chi connectivity index (χ4n) is 4.34. The number of benzene rings is 2. The molecule has 0 spiro atoms. The summed E-state index contributed by atoms with van der Waals surface area (Å²) >= 11 is 1.44. The van der Waals surface area contributed by atoms with Gasteiger partial charge < -0.3 is 9.64 Å². The third kappa shape index (κ3) is 4.83. The van der Waals surface area contributed by atoms with Crippen LogP contribution in [-0.4, -0.2) is 50.0 Å². The van der Waals surface area contributed by atoms with Crippen LogP contribution in [0.2, 0.25) is 0 Å². The van der Waals surface area contributed by atoms with E-state index < -0.39 is 0 Å². The number of likely N-dealkylation sites (tertiary alicyclic amines) is 1. The second-order valence-corrected chi connectivity index (χ2v) is 9.10. The number of piperidine rings is 1. The van der Waals surface area contributed by atoms with Crippen molar-refractivity contribution in [1.29, 1.82) is 0 Å². The molecule has 2 heterocycles. The Morgan fingerprint density at radius 2 is 1.72 bits per heavy atom. The average molecular weight is 451 g/mol. The third-order valence-electron chi connectivity index (χ3n) is 5.88. The molecule has 0 aliphatic carbocycles. The minimum absolute atomic E-state index is 0.164. The molecule has 32 heavy (non-hydrogen) atoms. The van der Waals surface area contributed by atoms with Crippen molar-refractivity contribution in [3.05, 3.63) is 54.6 Å². The maximum atomic E-state index is 13.1. The predicted molar refractivity (Wildman–Crippen MR) is 128 cm³/mol. The second-order valence-electron chi connectivity index (χ2n) is 8.15. The van der Waals surface area contributed by atoms with Crippen LogP contribution >= 0.6 is 11.8 Å². The number of hydrogen-bond acceptors (Lipinski definition) is 5. The number of amides is 1. The van der Waals surface area contributed by atoms with Gasteiger partial charge in [0, 0.05) is 23.3 Å². The van der Waals surface area contributed by atoms with Crippen LogP contribution in [0.25, 0.3) is 17.1 Å². The summed E-state index contributed by atoms with van der Waals surface area (Å²) in [6.45, 7) is 6.89. The number of rotatable bonds is 7. The minimum Gasteiger partial charge on any atom is -0.494 e. The van der Waals surface area contributed by atoms with Gasteiger partial charge in [0.25, 0.3) is 0 Å². The van der Waals surface area contributed by atoms with Gasteiger partial charge in [-0.25, -0.2) is 0 Å². The van der Waals surface area contributed by atoms with Crippen molar-refractivity contribution in [1.82, 2.24) is 19.7 Å². The first-order valence-electron chi connectivity index (χ1n) is 11.3. The van der Waals surface area contributed by atoms with E-state index in [1.165, 1.54) is 18.2 Å². The zero-order valence-electron chi connectivity index (χ0n) is 18.9. The van der Waals surface area contributed by atoms with Gasteiger partial charge >= 0.3 is 0 Å². The SMILES string of the molecule is CCOc1ccc(-n2c(SCC(=O)N3C(C)CCCC3C)nnc2-c2ccccc2)cc1. The summed E-state index contributed by atoms with van der Waals surface area (Å²) in [5.74, 6) is 2.09. The zero-order valence-corrected chi connectivity index (χ0v) is 19.7. The van der Waals surface area contributed by atoms with E-state index in [0.29, 0.717) is 17.5 Å². The molecule has 1 aliphatic heterocycles. The topological polar surface area (TPSA) is 60.2 Å². The van der Waals surface area contributed by atoms with Crippen molar-refractivity contribution in [3.63, 3.8) is 0 Å². The summed E-state index contributed by atoms with van der Waals surface area (Å²) in [6, 6.07) is 18.5. The van der Waals surface area contributed by atoms with Crippen molar-refractivity contribution in [2.75, 3.05) is 12.4 Å². The molecule has 2 aromatic carbocycles. The van der Waals surface area contributed by atoms with Gasteiger partial charge in [0.05, 0.1) is 12.4 Å². The fourth-order valence-corrected chi connectivity index (χ4v) is 5.16. The summed E-state index contributed by atoms with van der Waals surface area (Å²) < 4.78 is 7.61. The number of hydrogen-bond donors (Lipinski definition) is 0. The molecule has 4 rings (SSSR count). The van der Waals surface area contributed by atoms with Crippen LogP contribution in [0.15, 0.2) is 59.8 Å². The summed E-state index contributed by atoms with van der Waals surface area (Å²) in [4.78, 5) is 15.1. The van der Waals surface area contributed by atoms with E-state index in [1.54, 1.807) is 0 Å². The smallest absolute Gasteiger partial charge is 0.233 e. The highest BCUT2D eigenvalue weighted by Crippen LogP contribution is 2.30. The largest absolute Gasteiger partial charge is 0.494 e. The van der Waals surface area contributed by atoms with Gasteiger partial charge in [-0.3, -0.25) is 9.36 Å². The molecular formula is C25H30N4O2S. The van der Waals surface area contributed by atoms with Gasteiger partial charge in [0.1, 0.15) is 5.75 Å². The standard InChI is InChI=1S/C25H30N4O2S/c1-4-31-22-15-13-21(14-16-22)29-24(20-11-6-5-7-12-20)26-27-25(29)32-17-23(30)28-18(2)9-8-10-19(28)3/h5-7,11-16,18-19H,4,8-10,17H2,1-3H3. The van der Waals surface area contributed by atoms with Crippen LogP contribution in [0, 0.1) is 0 Å². The monoisotopic (exact) mass is 450 g/mol. The molecule has 0 saturated carbocycles. The molecule has 0 radical (unpaired) electrons. The Morgan fingerprint density at radius 3 is 2.38 bits per heavy atom. The van der Waals surface area contributed by atoms with E-state index in [9.17, 15) is 4.79 Å². The van der Waals surface area contributed by atoms with Crippen molar-refractivity contribution in [2.24, 2.45) is 0 Å². The molecule has 1 aliphatic rings. The first-order chi connectivity index (χ1) is 15.6. The molecule has 168 valence electrons. The minimum atomic E-state index is 0.164. The van der Waals surface area contributed by atoms with Gasteiger partial charge in [-0.15, -0.1) is 10.2 Å². The summed E-state index contributed by atoms with van der Waals surface area (Å²) in [5.41, 5.74) is 1.91. The van der Waals surface area contributed by atoms with Crippen LogP contribution < -0.4 is 4.74 Å². The maximum Gasteiger partial charge on any atom is 0.233 e. The van der Waals surface area contributed by atoms with E-state index in [-0.39, 0.29) is 18.0 Å². The highest BCUT2D eigenvalue weighted by molar-refractivity contribution is 7.99. The molecule has 1 amide bonds. The number of thioether (sulfide) groups is 1. The lowest BCUT2D eigenvalue weighted by Crippen LogP contribution is -2.48. The number of carbonyl (C=O) groups is 1. The number of aromatic nitrogens is 3. The molecule has 2 atom stereocenters. The van der Waals surface area contributed by atoms with Crippen LogP contribution in [0.4, 0.5) is 0 Å². The second kappa shape index (κ2) is 10.2. The van der Waals surface area contributed by atoms with Gasteiger partial charge in [0.15, 0.2) is 11.0 Å². The van der Waals surface area contributed by atoms with E-state index in [4.69, 9.17) is 4.74 Å². The number of carbonyl (C=O) groups excluding carboxylic acids is 1. The Bertz CT molecular complexity index is 1030.